The van der Waals surface area contributed by atoms with Gasteiger partial charge in [0, 0.05) is 12.3 Å². The molecule has 1 rings (SSSR count). The van der Waals surface area contributed by atoms with Crippen molar-refractivity contribution in [3.63, 3.8) is 0 Å². The zero-order valence-corrected chi connectivity index (χ0v) is 5.40. The van der Waals surface area contributed by atoms with Crippen molar-refractivity contribution in [3.05, 3.63) is 33.1 Å². The van der Waals surface area contributed by atoms with Crippen LogP contribution < -0.4 is 11.2 Å². The number of aromatic nitrogens is 2. The predicted octanol–water partition coefficient (Wildman–Crippen LogP) is -1.24. The molecule has 0 spiro atoms. The third-order valence-electron chi connectivity index (χ3n) is 0.686. The fraction of sp³-hybridized carbons (Fsp3) is 0. The molecule has 6 nitrogen and oxygen atoms in total. The lowest BCUT2D eigenvalue weighted by Gasteiger charge is -1.75. The second-order valence-corrected chi connectivity index (χ2v) is 1.40. The van der Waals surface area contributed by atoms with E-state index >= 15 is 0 Å². The van der Waals surface area contributed by atoms with Crippen molar-refractivity contribution in [1.29, 1.82) is 0 Å². The van der Waals surface area contributed by atoms with E-state index in [1.54, 1.807) is 0 Å². The molecular formula is C5H6N2O4. The fourth-order valence-corrected chi connectivity index (χ4v) is 0.383. The SMILES string of the molecule is O=CO.O=c1cc[nH]c(=O)[nH]1. The number of H-pyrrole nitrogens is 2. The van der Waals surface area contributed by atoms with Gasteiger partial charge in [0.2, 0.25) is 0 Å². The normalized spacial score (nSPS) is 7.64. The summed E-state index contributed by atoms with van der Waals surface area (Å²) >= 11 is 0. The molecule has 0 aromatic carbocycles. The summed E-state index contributed by atoms with van der Waals surface area (Å²) in [5.41, 5.74) is -0.855. The van der Waals surface area contributed by atoms with Crippen molar-refractivity contribution < 1.29 is 9.90 Å². The Morgan fingerprint density at radius 3 is 2.27 bits per heavy atom. The van der Waals surface area contributed by atoms with E-state index in [9.17, 15) is 9.59 Å². The minimum atomic E-state index is -0.475. The van der Waals surface area contributed by atoms with Gasteiger partial charge in [-0.25, -0.2) is 4.79 Å². The number of carboxylic acid groups (broad SMARTS) is 1. The number of hydrogen-bond donors (Lipinski definition) is 3. The molecule has 0 fully saturated rings. The molecule has 0 radical (unpaired) electrons. The zero-order chi connectivity index (χ0) is 8.69. The predicted molar refractivity (Wildman–Crippen MR) is 36.4 cm³/mol. The van der Waals surface area contributed by atoms with Gasteiger partial charge in [-0.3, -0.25) is 14.6 Å². The lowest BCUT2D eigenvalue weighted by Crippen LogP contribution is -2.19. The van der Waals surface area contributed by atoms with Gasteiger partial charge >= 0.3 is 5.69 Å². The molecule has 0 aliphatic rings. The maximum absolute atomic E-state index is 10.2. The average Bonchev–Trinajstić information content (AvgIpc) is 1.88. The van der Waals surface area contributed by atoms with E-state index in [2.05, 4.69) is 4.98 Å². The number of hydrogen-bond acceptors (Lipinski definition) is 3. The number of aromatic amines is 2. The smallest absolute Gasteiger partial charge is 0.325 e. The summed E-state index contributed by atoms with van der Waals surface area (Å²) in [6.07, 6.45) is 1.29. The Hall–Kier alpha value is -1.85. The Morgan fingerprint density at radius 1 is 1.45 bits per heavy atom. The summed E-state index contributed by atoms with van der Waals surface area (Å²) < 4.78 is 0. The molecule has 0 unspecified atom stereocenters. The molecule has 1 aromatic heterocycles. The van der Waals surface area contributed by atoms with E-state index in [1.807, 2.05) is 4.98 Å². The molecule has 6 heteroatoms. The highest BCUT2D eigenvalue weighted by Crippen LogP contribution is 1.51. The molecule has 0 saturated carbocycles. The summed E-state index contributed by atoms with van der Waals surface area (Å²) in [6.45, 7) is -0.250. The highest BCUT2D eigenvalue weighted by molar-refractivity contribution is 5.32. The quantitative estimate of drug-likeness (QED) is 0.411. The van der Waals surface area contributed by atoms with Crippen molar-refractivity contribution in [2.24, 2.45) is 0 Å². The Labute approximate surface area is 60.5 Å². The summed E-state index contributed by atoms with van der Waals surface area (Å²) in [6, 6.07) is 1.24. The zero-order valence-electron chi connectivity index (χ0n) is 5.40. The van der Waals surface area contributed by atoms with Crippen molar-refractivity contribution in [1.82, 2.24) is 9.97 Å². The van der Waals surface area contributed by atoms with Crippen LogP contribution in [0.5, 0.6) is 0 Å². The van der Waals surface area contributed by atoms with Crippen molar-refractivity contribution in [2.75, 3.05) is 0 Å². The highest BCUT2D eigenvalue weighted by Gasteiger charge is 1.77. The van der Waals surface area contributed by atoms with Gasteiger partial charge in [-0.2, -0.15) is 0 Å². The molecule has 0 saturated heterocycles. The Balaban J connectivity index is 0.000000292. The third-order valence-corrected chi connectivity index (χ3v) is 0.686. The van der Waals surface area contributed by atoms with Crippen LogP contribution in [0.1, 0.15) is 0 Å². The lowest BCUT2D eigenvalue weighted by molar-refractivity contribution is -0.122. The average molecular weight is 158 g/mol. The minimum absolute atomic E-state index is 0.250. The molecule has 0 aliphatic heterocycles. The van der Waals surface area contributed by atoms with Crippen LogP contribution in [-0.4, -0.2) is 21.5 Å². The van der Waals surface area contributed by atoms with Crippen molar-refractivity contribution >= 4 is 6.47 Å². The van der Waals surface area contributed by atoms with Gasteiger partial charge in [-0.15, -0.1) is 0 Å². The Bertz CT molecular complexity index is 287. The van der Waals surface area contributed by atoms with Crippen LogP contribution in [-0.2, 0) is 4.79 Å². The van der Waals surface area contributed by atoms with Crippen molar-refractivity contribution in [2.45, 2.75) is 0 Å². The van der Waals surface area contributed by atoms with E-state index in [0.717, 1.165) is 0 Å². The summed E-state index contributed by atoms with van der Waals surface area (Å²) in [7, 11) is 0. The van der Waals surface area contributed by atoms with Crippen LogP contribution in [0, 0.1) is 0 Å². The monoisotopic (exact) mass is 158 g/mol. The Morgan fingerprint density at radius 2 is 2.00 bits per heavy atom. The van der Waals surface area contributed by atoms with E-state index in [4.69, 9.17) is 9.90 Å². The van der Waals surface area contributed by atoms with Gasteiger partial charge in [0.1, 0.15) is 0 Å². The molecule has 0 aliphatic carbocycles. The van der Waals surface area contributed by atoms with Gasteiger partial charge in [-0.1, -0.05) is 0 Å². The van der Waals surface area contributed by atoms with Gasteiger partial charge in [0.15, 0.2) is 0 Å². The lowest BCUT2D eigenvalue weighted by atomic mass is 10.7. The topological polar surface area (TPSA) is 103 Å². The second kappa shape index (κ2) is 4.98. The van der Waals surface area contributed by atoms with Gasteiger partial charge in [0.25, 0.3) is 12.0 Å². The van der Waals surface area contributed by atoms with E-state index in [0.29, 0.717) is 0 Å². The second-order valence-electron chi connectivity index (χ2n) is 1.40. The van der Waals surface area contributed by atoms with E-state index in [-0.39, 0.29) is 12.0 Å². The largest absolute Gasteiger partial charge is 0.483 e. The van der Waals surface area contributed by atoms with Crippen molar-refractivity contribution in [3.8, 4) is 0 Å². The third kappa shape index (κ3) is 4.64. The molecule has 0 bridgehead atoms. The summed E-state index contributed by atoms with van der Waals surface area (Å²) in [5.74, 6) is 0. The molecule has 1 aromatic rings. The van der Waals surface area contributed by atoms with Crippen LogP contribution in [0.3, 0.4) is 0 Å². The molecular weight excluding hydrogens is 152 g/mol. The summed E-state index contributed by atoms with van der Waals surface area (Å²) in [5, 5.41) is 6.89. The maximum atomic E-state index is 10.2. The van der Waals surface area contributed by atoms with Gasteiger partial charge in [-0.05, 0) is 0 Å². The van der Waals surface area contributed by atoms with Crippen LogP contribution in [0.15, 0.2) is 21.9 Å². The molecule has 0 amide bonds. The van der Waals surface area contributed by atoms with Crippen LogP contribution in [0.2, 0.25) is 0 Å². The molecule has 11 heavy (non-hydrogen) atoms. The first-order chi connectivity index (χ1) is 5.20. The minimum Gasteiger partial charge on any atom is -0.483 e. The van der Waals surface area contributed by atoms with Crippen LogP contribution >= 0.6 is 0 Å². The molecule has 3 N–H and O–H groups in total. The molecule has 60 valence electrons. The first-order valence-electron chi connectivity index (χ1n) is 2.56. The van der Waals surface area contributed by atoms with Crippen LogP contribution in [0.4, 0.5) is 0 Å². The number of nitrogens with one attached hydrogen (secondary N) is 2. The summed E-state index contributed by atoms with van der Waals surface area (Å²) in [4.78, 5) is 33.0. The number of carbonyl (C=O) groups is 1. The first kappa shape index (κ1) is 9.15. The van der Waals surface area contributed by atoms with Gasteiger partial charge < -0.3 is 10.1 Å². The van der Waals surface area contributed by atoms with Gasteiger partial charge in [0.05, 0.1) is 0 Å². The standard InChI is InChI=1S/C4H4N2O2.CH2O2/c7-3-1-2-5-4(8)6-3;2-1-3/h1-2H,(H2,5,6,7,8);1H,(H,2,3). The first-order valence-corrected chi connectivity index (χ1v) is 2.56. The highest BCUT2D eigenvalue weighted by atomic mass is 16.3. The fourth-order valence-electron chi connectivity index (χ4n) is 0.383. The number of rotatable bonds is 0. The maximum Gasteiger partial charge on any atom is 0.325 e. The van der Waals surface area contributed by atoms with E-state index < -0.39 is 5.69 Å². The molecule has 0 atom stereocenters. The van der Waals surface area contributed by atoms with Crippen LogP contribution in [0.25, 0.3) is 0 Å². The molecule has 1 heterocycles. The van der Waals surface area contributed by atoms with E-state index in [1.165, 1.54) is 12.3 Å². The Kier molecular flexibility index (Phi) is 4.14.